The molecule has 0 saturated heterocycles. The number of hydrogen-bond donors (Lipinski definition) is 4. The van der Waals surface area contributed by atoms with Crippen molar-refractivity contribution in [1.82, 2.24) is 5.32 Å². The van der Waals surface area contributed by atoms with Gasteiger partial charge in [-0.25, -0.2) is 0 Å². The van der Waals surface area contributed by atoms with Crippen LogP contribution in [-0.4, -0.2) is 27.5 Å². The number of aliphatic hydroxyl groups is 1. The molecular weight excluding hydrogens is 242 g/mol. The van der Waals surface area contributed by atoms with Crippen LogP contribution in [0.4, 0.5) is 0 Å². The van der Waals surface area contributed by atoms with Gasteiger partial charge in [0.05, 0.1) is 11.7 Å². The summed E-state index contributed by atoms with van der Waals surface area (Å²) in [4.78, 5) is 0. The third kappa shape index (κ3) is 3.39. The molecule has 1 aliphatic rings. The van der Waals surface area contributed by atoms with Gasteiger partial charge < -0.3 is 20.6 Å². The van der Waals surface area contributed by atoms with Crippen molar-refractivity contribution >= 4 is 0 Å². The van der Waals surface area contributed by atoms with E-state index in [4.69, 9.17) is 0 Å². The number of rotatable bonds is 3. The van der Waals surface area contributed by atoms with Crippen molar-refractivity contribution in [1.29, 1.82) is 0 Å². The molecule has 4 N–H and O–H groups in total. The minimum atomic E-state index is -0.349. The zero-order valence-corrected chi connectivity index (χ0v) is 11.3. The molecule has 1 fully saturated rings. The van der Waals surface area contributed by atoms with Gasteiger partial charge in [0.2, 0.25) is 0 Å². The lowest BCUT2D eigenvalue weighted by atomic mass is 10.0. The molecule has 3 atom stereocenters. The van der Waals surface area contributed by atoms with Gasteiger partial charge in [0.1, 0.15) is 11.5 Å². The van der Waals surface area contributed by atoms with E-state index in [2.05, 4.69) is 5.32 Å². The van der Waals surface area contributed by atoms with E-state index in [0.717, 1.165) is 32.1 Å². The zero-order chi connectivity index (χ0) is 13.8. The molecule has 1 aromatic rings. The van der Waals surface area contributed by atoms with Crippen molar-refractivity contribution in [3.05, 3.63) is 23.8 Å². The van der Waals surface area contributed by atoms with E-state index in [-0.39, 0.29) is 29.7 Å². The maximum Gasteiger partial charge on any atom is 0.124 e. The molecule has 0 aromatic heterocycles. The number of benzene rings is 1. The van der Waals surface area contributed by atoms with Gasteiger partial charge in [0.15, 0.2) is 0 Å². The third-order valence-electron chi connectivity index (χ3n) is 3.94. The smallest absolute Gasteiger partial charge is 0.124 e. The summed E-state index contributed by atoms with van der Waals surface area (Å²) in [5.74, 6) is 0.172. The van der Waals surface area contributed by atoms with Crippen molar-refractivity contribution in [2.24, 2.45) is 0 Å². The summed E-state index contributed by atoms with van der Waals surface area (Å²) in [7, 11) is 0. The van der Waals surface area contributed by atoms with E-state index in [1.54, 1.807) is 18.2 Å². The lowest BCUT2D eigenvalue weighted by Crippen LogP contribution is -2.40. The zero-order valence-electron chi connectivity index (χ0n) is 11.3. The van der Waals surface area contributed by atoms with Crippen molar-refractivity contribution in [2.75, 3.05) is 0 Å². The Kier molecular flexibility index (Phi) is 4.66. The standard InChI is InChI=1S/C15H23NO3/c1-10(15-13(18)8-5-9-14(15)19)16-11-6-3-2-4-7-12(11)17/h5,8-12,16-19H,2-4,6-7H2,1H3. The first-order chi connectivity index (χ1) is 9.09. The molecule has 1 aromatic carbocycles. The maximum absolute atomic E-state index is 10.1. The molecule has 0 bridgehead atoms. The number of phenols is 2. The predicted octanol–water partition coefficient (Wildman–Crippen LogP) is 2.44. The van der Waals surface area contributed by atoms with Gasteiger partial charge in [0, 0.05) is 12.1 Å². The van der Waals surface area contributed by atoms with E-state index in [9.17, 15) is 15.3 Å². The van der Waals surface area contributed by atoms with Crippen LogP contribution in [0.3, 0.4) is 0 Å². The quantitative estimate of drug-likeness (QED) is 0.633. The van der Waals surface area contributed by atoms with Crippen molar-refractivity contribution < 1.29 is 15.3 Å². The number of aromatic hydroxyl groups is 2. The summed E-state index contributed by atoms with van der Waals surface area (Å²) in [6.45, 7) is 1.90. The molecule has 0 amide bonds. The van der Waals surface area contributed by atoms with Gasteiger partial charge in [-0.2, -0.15) is 0 Å². The number of phenolic OH excluding ortho intramolecular Hbond substituents is 2. The van der Waals surface area contributed by atoms with Crippen LogP contribution in [0.15, 0.2) is 18.2 Å². The molecule has 0 radical (unpaired) electrons. The Labute approximate surface area is 114 Å². The van der Waals surface area contributed by atoms with E-state index in [0.29, 0.717) is 5.56 Å². The maximum atomic E-state index is 10.1. The normalized spacial score (nSPS) is 25.8. The number of hydrogen-bond acceptors (Lipinski definition) is 4. The molecular formula is C15H23NO3. The van der Waals surface area contributed by atoms with Gasteiger partial charge in [0.25, 0.3) is 0 Å². The minimum Gasteiger partial charge on any atom is -0.507 e. The Morgan fingerprint density at radius 3 is 2.42 bits per heavy atom. The largest absolute Gasteiger partial charge is 0.507 e. The molecule has 4 heteroatoms. The summed E-state index contributed by atoms with van der Waals surface area (Å²) in [5, 5.41) is 33.1. The first-order valence-corrected chi connectivity index (χ1v) is 7.04. The summed E-state index contributed by atoms with van der Waals surface area (Å²) < 4.78 is 0. The third-order valence-corrected chi connectivity index (χ3v) is 3.94. The molecule has 4 nitrogen and oxygen atoms in total. The van der Waals surface area contributed by atoms with E-state index in [1.165, 1.54) is 0 Å². The van der Waals surface area contributed by atoms with Crippen LogP contribution in [0.1, 0.15) is 50.6 Å². The Morgan fingerprint density at radius 1 is 1.11 bits per heavy atom. The monoisotopic (exact) mass is 265 g/mol. The Hall–Kier alpha value is -1.26. The Balaban J connectivity index is 2.09. The highest BCUT2D eigenvalue weighted by Crippen LogP contribution is 2.33. The molecule has 106 valence electrons. The molecule has 0 aliphatic heterocycles. The Morgan fingerprint density at radius 2 is 1.74 bits per heavy atom. The molecule has 19 heavy (non-hydrogen) atoms. The first-order valence-electron chi connectivity index (χ1n) is 7.04. The molecule has 1 aliphatic carbocycles. The van der Waals surface area contributed by atoms with Crippen LogP contribution in [0, 0.1) is 0 Å². The van der Waals surface area contributed by atoms with Gasteiger partial charge in [-0.05, 0) is 31.9 Å². The minimum absolute atomic E-state index is 0.0245. The fraction of sp³-hybridized carbons (Fsp3) is 0.600. The lowest BCUT2D eigenvalue weighted by molar-refractivity contribution is 0.114. The van der Waals surface area contributed by atoms with Crippen LogP contribution in [0.2, 0.25) is 0 Å². The molecule has 2 rings (SSSR count). The van der Waals surface area contributed by atoms with Crippen LogP contribution < -0.4 is 5.32 Å². The van der Waals surface area contributed by atoms with Crippen molar-refractivity contribution in [3.8, 4) is 11.5 Å². The van der Waals surface area contributed by atoms with E-state index < -0.39 is 0 Å². The number of nitrogens with one attached hydrogen (secondary N) is 1. The van der Waals surface area contributed by atoms with Gasteiger partial charge >= 0.3 is 0 Å². The summed E-state index contributed by atoms with van der Waals surface area (Å²) >= 11 is 0. The highest BCUT2D eigenvalue weighted by atomic mass is 16.3. The van der Waals surface area contributed by atoms with E-state index in [1.807, 2.05) is 6.92 Å². The van der Waals surface area contributed by atoms with Crippen molar-refractivity contribution in [3.63, 3.8) is 0 Å². The van der Waals surface area contributed by atoms with Crippen LogP contribution in [-0.2, 0) is 0 Å². The summed E-state index contributed by atoms with van der Waals surface area (Å²) in [6.07, 6.45) is 4.73. The second-order valence-electron chi connectivity index (χ2n) is 5.41. The average Bonchev–Trinajstić information content (AvgIpc) is 2.55. The van der Waals surface area contributed by atoms with E-state index >= 15 is 0 Å². The van der Waals surface area contributed by atoms with Gasteiger partial charge in [-0.3, -0.25) is 0 Å². The van der Waals surface area contributed by atoms with Crippen LogP contribution in [0.25, 0.3) is 0 Å². The second-order valence-corrected chi connectivity index (χ2v) is 5.41. The summed E-state index contributed by atoms with van der Waals surface area (Å²) in [6, 6.07) is 4.57. The predicted molar refractivity (Wildman–Crippen MR) is 74.2 cm³/mol. The lowest BCUT2D eigenvalue weighted by Gasteiger charge is -2.27. The Bertz CT molecular complexity index is 402. The fourth-order valence-electron chi connectivity index (χ4n) is 2.87. The highest BCUT2D eigenvalue weighted by Gasteiger charge is 2.25. The van der Waals surface area contributed by atoms with Gasteiger partial charge in [-0.15, -0.1) is 0 Å². The molecule has 3 unspecified atom stereocenters. The van der Waals surface area contributed by atoms with Crippen LogP contribution >= 0.6 is 0 Å². The highest BCUT2D eigenvalue weighted by molar-refractivity contribution is 5.44. The molecule has 0 spiro atoms. The first kappa shape index (κ1) is 14.2. The molecule has 0 heterocycles. The fourth-order valence-corrected chi connectivity index (χ4v) is 2.87. The number of aliphatic hydroxyl groups excluding tert-OH is 1. The SMILES string of the molecule is CC(NC1CCCCCC1O)c1c(O)cccc1O. The van der Waals surface area contributed by atoms with Gasteiger partial charge in [-0.1, -0.05) is 25.3 Å². The second kappa shape index (κ2) is 6.26. The van der Waals surface area contributed by atoms with Crippen LogP contribution in [0.5, 0.6) is 11.5 Å². The summed E-state index contributed by atoms with van der Waals surface area (Å²) in [5.41, 5.74) is 0.499. The van der Waals surface area contributed by atoms with Crippen molar-refractivity contribution in [2.45, 2.75) is 57.2 Å². The average molecular weight is 265 g/mol. The molecule has 1 saturated carbocycles. The topological polar surface area (TPSA) is 72.7 Å².